The van der Waals surface area contributed by atoms with Crippen LogP contribution in [0.5, 0.6) is 0 Å². The van der Waals surface area contributed by atoms with Crippen LogP contribution in [0.4, 0.5) is 0 Å². The third-order valence-corrected chi connectivity index (χ3v) is 6.35. The number of thioether (sulfide) groups is 1. The zero-order chi connectivity index (χ0) is 21.8. The fourth-order valence-electron chi connectivity index (χ4n) is 3.72. The van der Waals surface area contributed by atoms with Crippen molar-refractivity contribution in [3.8, 4) is 6.07 Å². The van der Waals surface area contributed by atoms with Gasteiger partial charge in [0.15, 0.2) is 12.0 Å². The molecule has 10 heteroatoms. The van der Waals surface area contributed by atoms with E-state index in [4.69, 9.17) is 18.9 Å². The van der Waals surface area contributed by atoms with Crippen molar-refractivity contribution < 1.29 is 18.9 Å². The van der Waals surface area contributed by atoms with Crippen LogP contribution in [0, 0.1) is 18.3 Å². The largest absolute Gasteiger partial charge is 0.377 e. The van der Waals surface area contributed by atoms with E-state index in [1.54, 1.807) is 6.20 Å². The Labute approximate surface area is 183 Å². The van der Waals surface area contributed by atoms with E-state index >= 15 is 0 Å². The van der Waals surface area contributed by atoms with Crippen LogP contribution in [0.2, 0.25) is 0 Å². The normalized spacial score (nSPS) is 30.0. The van der Waals surface area contributed by atoms with Crippen LogP contribution in [0.25, 0.3) is 10.4 Å². The topological polar surface area (TPSA) is 122 Å². The third-order valence-electron chi connectivity index (χ3n) is 5.18. The number of methoxy groups -OCH3 is 1. The number of azide groups is 1. The fourth-order valence-corrected chi connectivity index (χ4v) is 5.04. The smallest absolute Gasteiger partial charge is 0.184 e. The number of pyridine rings is 1. The lowest BCUT2D eigenvalue weighted by molar-refractivity contribution is -0.298. The van der Waals surface area contributed by atoms with Crippen molar-refractivity contribution in [1.82, 2.24) is 4.98 Å². The van der Waals surface area contributed by atoms with Crippen molar-refractivity contribution in [2.45, 2.75) is 47.9 Å². The summed E-state index contributed by atoms with van der Waals surface area (Å²) >= 11 is 1.32. The minimum absolute atomic E-state index is 0.270. The van der Waals surface area contributed by atoms with Crippen molar-refractivity contribution in [2.75, 3.05) is 13.7 Å². The van der Waals surface area contributed by atoms with Gasteiger partial charge in [0.05, 0.1) is 12.6 Å². The van der Waals surface area contributed by atoms with E-state index in [0.29, 0.717) is 10.6 Å². The Hall–Kier alpha value is -2.64. The number of rotatable bonds is 5. The second-order valence-corrected chi connectivity index (χ2v) is 8.34. The van der Waals surface area contributed by atoms with E-state index in [1.165, 1.54) is 18.9 Å². The van der Waals surface area contributed by atoms with Crippen molar-refractivity contribution in [2.24, 2.45) is 5.11 Å². The zero-order valence-corrected chi connectivity index (χ0v) is 17.8. The summed E-state index contributed by atoms with van der Waals surface area (Å²) in [6, 6.07) is 12.9. The second-order valence-electron chi connectivity index (χ2n) is 7.20. The highest BCUT2D eigenvalue weighted by Gasteiger charge is 2.50. The first kappa shape index (κ1) is 21.6. The van der Waals surface area contributed by atoms with Crippen LogP contribution in [0.15, 0.2) is 52.6 Å². The van der Waals surface area contributed by atoms with E-state index in [9.17, 15) is 10.8 Å². The summed E-state index contributed by atoms with van der Waals surface area (Å²) in [6.07, 6.45) is -0.534. The summed E-state index contributed by atoms with van der Waals surface area (Å²) in [6.45, 7) is 2.17. The lowest BCUT2D eigenvalue weighted by Gasteiger charge is -2.47. The Kier molecular flexibility index (Phi) is 6.73. The Morgan fingerprint density at radius 2 is 2.13 bits per heavy atom. The first-order chi connectivity index (χ1) is 15.1. The van der Waals surface area contributed by atoms with Gasteiger partial charge in [-0.1, -0.05) is 47.2 Å². The minimum atomic E-state index is -0.635. The highest BCUT2D eigenvalue weighted by atomic mass is 32.2. The molecular formula is C21H21N5O4S. The van der Waals surface area contributed by atoms with Gasteiger partial charge in [0.25, 0.3) is 0 Å². The summed E-state index contributed by atoms with van der Waals surface area (Å²) in [7, 11) is 1.54. The van der Waals surface area contributed by atoms with Gasteiger partial charge in [-0.05, 0) is 24.1 Å². The second kappa shape index (κ2) is 9.66. The SMILES string of the molecule is COC1C(N=[N+]=[N-])[C@H]2OC(c3ccccc3)OCC2O[C@@H]1Sc1cc(C)cnc1C#N. The van der Waals surface area contributed by atoms with Gasteiger partial charge in [-0.2, -0.15) is 5.26 Å². The Balaban J connectivity index is 1.60. The Morgan fingerprint density at radius 3 is 2.84 bits per heavy atom. The minimum Gasteiger partial charge on any atom is -0.377 e. The molecule has 2 fully saturated rings. The van der Waals surface area contributed by atoms with Crippen LogP contribution in [-0.4, -0.2) is 48.5 Å². The molecule has 31 heavy (non-hydrogen) atoms. The summed E-state index contributed by atoms with van der Waals surface area (Å²) in [5.41, 5.74) is 10.8. The molecule has 0 bridgehead atoms. The van der Waals surface area contributed by atoms with Gasteiger partial charge in [0.1, 0.15) is 29.8 Å². The lowest BCUT2D eigenvalue weighted by Crippen LogP contribution is -2.60. The molecule has 3 heterocycles. The maximum Gasteiger partial charge on any atom is 0.184 e. The number of ether oxygens (including phenoxy) is 4. The predicted molar refractivity (Wildman–Crippen MR) is 112 cm³/mol. The van der Waals surface area contributed by atoms with Crippen LogP contribution in [-0.2, 0) is 18.9 Å². The Bertz CT molecular complexity index is 1010. The monoisotopic (exact) mass is 439 g/mol. The molecule has 160 valence electrons. The number of aryl methyl sites for hydroxylation is 1. The molecule has 4 unspecified atom stereocenters. The van der Waals surface area contributed by atoms with E-state index in [2.05, 4.69) is 21.1 Å². The maximum atomic E-state index is 9.42. The van der Waals surface area contributed by atoms with Gasteiger partial charge in [-0.25, -0.2) is 4.98 Å². The lowest BCUT2D eigenvalue weighted by atomic mass is 9.96. The molecule has 6 atom stereocenters. The molecule has 9 nitrogen and oxygen atoms in total. The molecule has 0 N–H and O–H groups in total. The Morgan fingerprint density at radius 1 is 1.32 bits per heavy atom. The molecule has 0 spiro atoms. The van der Waals surface area contributed by atoms with Gasteiger partial charge < -0.3 is 18.9 Å². The molecule has 4 rings (SSSR count). The van der Waals surface area contributed by atoms with Gasteiger partial charge in [-0.15, -0.1) is 0 Å². The number of nitrogens with zero attached hydrogens (tertiary/aromatic N) is 5. The van der Waals surface area contributed by atoms with Gasteiger partial charge in [0.2, 0.25) is 0 Å². The number of hydrogen-bond acceptors (Lipinski definition) is 8. The number of hydrogen-bond donors (Lipinski definition) is 0. The number of nitriles is 1. The maximum absolute atomic E-state index is 9.42. The molecule has 0 aliphatic carbocycles. The average Bonchev–Trinajstić information content (AvgIpc) is 2.80. The van der Waals surface area contributed by atoms with Crippen molar-refractivity contribution in [3.63, 3.8) is 0 Å². The molecule has 1 aromatic carbocycles. The van der Waals surface area contributed by atoms with E-state index < -0.39 is 36.1 Å². The van der Waals surface area contributed by atoms with Crippen LogP contribution < -0.4 is 0 Å². The molecule has 2 aromatic rings. The van der Waals surface area contributed by atoms with Crippen molar-refractivity contribution >= 4 is 11.8 Å². The fraction of sp³-hybridized carbons (Fsp3) is 0.429. The van der Waals surface area contributed by atoms with Crippen molar-refractivity contribution in [3.05, 3.63) is 69.9 Å². The molecule has 2 saturated heterocycles. The highest BCUT2D eigenvalue weighted by Crippen LogP contribution is 2.41. The average molecular weight is 439 g/mol. The van der Waals surface area contributed by atoms with Crippen LogP contribution >= 0.6 is 11.8 Å². The predicted octanol–water partition coefficient (Wildman–Crippen LogP) is 3.89. The molecule has 1 aromatic heterocycles. The molecule has 0 saturated carbocycles. The molecule has 2 aliphatic rings. The first-order valence-electron chi connectivity index (χ1n) is 9.72. The molecule has 0 radical (unpaired) electrons. The van der Waals surface area contributed by atoms with Gasteiger partial charge in [-0.3, -0.25) is 0 Å². The quantitative estimate of drug-likeness (QED) is 0.393. The summed E-state index contributed by atoms with van der Waals surface area (Å²) in [5.74, 6) is 0. The summed E-state index contributed by atoms with van der Waals surface area (Å²) < 4.78 is 24.0. The number of benzene rings is 1. The van der Waals surface area contributed by atoms with Gasteiger partial charge in [0, 0.05) is 28.7 Å². The molecular weight excluding hydrogens is 418 g/mol. The van der Waals surface area contributed by atoms with E-state index in [-0.39, 0.29) is 6.61 Å². The summed E-state index contributed by atoms with van der Waals surface area (Å²) in [5, 5.41) is 13.4. The highest BCUT2D eigenvalue weighted by molar-refractivity contribution is 7.99. The standard InChI is InChI=1S/C21H21N5O4S/c1-12-8-16(14(9-22)24-10-12)31-21-19(27-2)17(25-26-23)18-15(29-21)11-28-20(30-18)13-6-4-3-5-7-13/h3-8,10,15,17-21H,11H2,1-2H3/t15?,17?,18-,19?,20?,21+/m0/s1. The third kappa shape index (κ3) is 4.52. The summed E-state index contributed by atoms with van der Waals surface area (Å²) in [4.78, 5) is 7.89. The first-order valence-corrected chi connectivity index (χ1v) is 10.6. The van der Waals surface area contributed by atoms with E-state index in [1.807, 2.05) is 43.3 Å². The van der Waals surface area contributed by atoms with Crippen LogP contribution in [0.1, 0.15) is 23.1 Å². The van der Waals surface area contributed by atoms with Crippen LogP contribution in [0.3, 0.4) is 0 Å². The van der Waals surface area contributed by atoms with Crippen molar-refractivity contribution in [1.29, 1.82) is 5.26 Å². The number of aromatic nitrogens is 1. The molecule has 0 amide bonds. The molecule has 2 aliphatic heterocycles. The zero-order valence-electron chi connectivity index (χ0n) is 17.0. The van der Waals surface area contributed by atoms with E-state index in [0.717, 1.165) is 11.1 Å². The van der Waals surface area contributed by atoms with Gasteiger partial charge >= 0.3 is 0 Å². The number of fused-ring (bicyclic) bond motifs is 1.